The largest absolute Gasteiger partial charge is 0.478 e. The van der Waals surface area contributed by atoms with E-state index in [4.69, 9.17) is 22.4 Å². The predicted octanol–water partition coefficient (Wildman–Crippen LogP) is 4.13. The van der Waals surface area contributed by atoms with Crippen LogP contribution in [0.2, 0.25) is 5.02 Å². The van der Waals surface area contributed by atoms with Crippen molar-refractivity contribution in [2.45, 2.75) is 0 Å². The second kappa shape index (κ2) is 5.50. The highest BCUT2D eigenvalue weighted by Gasteiger charge is 2.09. The van der Waals surface area contributed by atoms with E-state index in [1.165, 1.54) is 6.07 Å². The molecule has 19 heavy (non-hydrogen) atoms. The minimum atomic E-state index is -1.05. The van der Waals surface area contributed by atoms with Crippen molar-refractivity contribution in [2.75, 3.05) is 11.1 Å². The number of aromatic carboxylic acids is 1. The Labute approximate surface area is 123 Å². The quantitative estimate of drug-likeness (QED) is 0.734. The number of benzene rings is 2. The molecule has 0 atom stereocenters. The fourth-order valence-corrected chi connectivity index (χ4v) is 2.11. The van der Waals surface area contributed by atoms with Gasteiger partial charge in [0.1, 0.15) is 0 Å². The average molecular weight is 342 g/mol. The van der Waals surface area contributed by atoms with E-state index < -0.39 is 5.97 Å². The minimum Gasteiger partial charge on any atom is -0.478 e. The molecule has 0 aliphatic heterocycles. The van der Waals surface area contributed by atoms with Crippen molar-refractivity contribution in [3.8, 4) is 0 Å². The molecule has 0 aliphatic rings. The number of hydrogen-bond acceptors (Lipinski definition) is 3. The van der Waals surface area contributed by atoms with Gasteiger partial charge in [-0.25, -0.2) is 4.79 Å². The zero-order valence-corrected chi connectivity index (χ0v) is 12.0. The standard InChI is InChI=1S/C13H10BrClN2O2/c14-7-1-4-10(15)12(5-7)17-8-2-3-9(13(18)19)11(16)6-8/h1-6,17H,16H2,(H,18,19). The molecule has 0 fully saturated rings. The molecule has 98 valence electrons. The fraction of sp³-hybridized carbons (Fsp3) is 0. The third-order valence-electron chi connectivity index (χ3n) is 2.49. The van der Waals surface area contributed by atoms with E-state index in [0.29, 0.717) is 16.4 Å². The summed E-state index contributed by atoms with van der Waals surface area (Å²) in [7, 11) is 0. The monoisotopic (exact) mass is 340 g/mol. The van der Waals surface area contributed by atoms with Gasteiger partial charge in [-0.3, -0.25) is 0 Å². The average Bonchev–Trinajstić information content (AvgIpc) is 2.33. The predicted molar refractivity (Wildman–Crippen MR) is 80.2 cm³/mol. The van der Waals surface area contributed by atoms with Crippen LogP contribution in [0.5, 0.6) is 0 Å². The minimum absolute atomic E-state index is 0.0749. The molecule has 6 heteroatoms. The molecular weight excluding hydrogens is 332 g/mol. The number of hydrogen-bond donors (Lipinski definition) is 3. The van der Waals surface area contributed by atoms with Crippen molar-refractivity contribution in [3.63, 3.8) is 0 Å². The molecule has 0 saturated heterocycles. The van der Waals surface area contributed by atoms with Crippen LogP contribution in [0.25, 0.3) is 0 Å². The van der Waals surface area contributed by atoms with E-state index in [2.05, 4.69) is 21.2 Å². The number of nitrogens with one attached hydrogen (secondary N) is 1. The lowest BCUT2D eigenvalue weighted by atomic mass is 10.1. The first-order chi connectivity index (χ1) is 8.97. The van der Waals surface area contributed by atoms with Crippen LogP contribution in [-0.2, 0) is 0 Å². The summed E-state index contributed by atoms with van der Waals surface area (Å²) in [6.45, 7) is 0. The van der Waals surface area contributed by atoms with Gasteiger partial charge in [0, 0.05) is 15.8 Å². The molecule has 0 radical (unpaired) electrons. The third kappa shape index (κ3) is 3.19. The van der Waals surface area contributed by atoms with Gasteiger partial charge >= 0.3 is 5.97 Å². The fourth-order valence-electron chi connectivity index (χ4n) is 1.58. The Hall–Kier alpha value is -1.72. The van der Waals surface area contributed by atoms with Gasteiger partial charge in [-0.2, -0.15) is 0 Å². The molecule has 0 heterocycles. The molecule has 0 amide bonds. The molecule has 0 aliphatic carbocycles. The summed E-state index contributed by atoms with van der Waals surface area (Å²) in [5.74, 6) is -1.05. The lowest BCUT2D eigenvalue weighted by Gasteiger charge is -2.10. The van der Waals surface area contributed by atoms with E-state index in [9.17, 15) is 4.79 Å². The van der Waals surface area contributed by atoms with E-state index in [1.54, 1.807) is 18.2 Å². The first-order valence-electron chi connectivity index (χ1n) is 5.32. The van der Waals surface area contributed by atoms with Gasteiger partial charge in [-0.1, -0.05) is 27.5 Å². The van der Waals surface area contributed by atoms with Gasteiger partial charge in [-0.05, 0) is 36.4 Å². The smallest absolute Gasteiger partial charge is 0.337 e. The highest BCUT2D eigenvalue weighted by molar-refractivity contribution is 9.10. The number of nitrogen functional groups attached to an aromatic ring is 1. The van der Waals surface area contributed by atoms with E-state index in [1.807, 2.05) is 12.1 Å². The van der Waals surface area contributed by atoms with E-state index in [0.717, 1.165) is 4.47 Å². The number of nitrogens with two attached hydrogens (primary N) is 1. The van der Waals surface area contributed by atoms with Gasteiger partial charge in [0.15, 0.2) is 0 Å². The van der Waals surface area contributed by atoms with Crippen LogP contribution in [0.15, 0.2) is 40.9 Å². The van der Waals surface area contributed by atoms with Crippen molar-refractivity contribution in [1.82, 2.24) is 0 Å². The lowest BCUT2D eigenvalue weighted by molar-refractivity contribution is 0.0698. The van der Waals surface area contributed by atoms with Crippen LogP contribution in [0.3, 0.4) is 0 Å². The molecule has 2 aromatic carbocycles. The summed E-state index contributed by atoms with van der Waals surface area (Å²) in [6, 6.07) is 10.0. The van der Waals surface area contributed by atoms with Crippen LogP contribution >= 0.6 is 27.5 Å². The van der Waals surface area contributed by atoms with Crippen LogP contribution in [0.4, 0.5) is 17.1 Å². The highest BCUT2D eigenvalue weighted by Crippen LogP contribution is 2.29. The number of halogens is 2. The van der Waals surface area contributed by atoms with Crippen molar-refractivity contribution in [2.24, 2.45) is 0 Å². The Morgan fingerprint density at radius 3 is 2.63 bits per heavy atom. The number of anilines is 3. The zero-order chi connectivity index (χ0) is 14.0. The number of carboxylic acid groups (broad SMARTS) is 1. The molecule has 2 aromatic rings. The third-order valence-corrected chi connectivity index (χ3v) is 3.31. The summed E-state index contributed by atoms with van der Waals surface area (Å²) in [5, 5.41) is 12.5. The van der Waals surface area contributed by atoms with Crippen LogP contribution < -0.4 is 11.1 Å². The zero-order valence-electron chi connectivity index (χ0n) is 9.65. The Balaban J connectivity index is 2.31. The van der Waals surface area contributed by atoms with Crippen molar-refractivity contribution in [1.29, 1.82) is 0 Å². The summed E-state index contributed by atoms with van der Waals surface area (Å²) >= 11 is 9.41. The maximum Gasteiger partial charge on any atom is 0.337 e. The molecular formula is C13H10BrClN2O2. The Morgan fingerprint density at radius 1 is 1.26 bits per heavy atom. The summed E-state index contributed by atoms with van der Waals surface area (Å²) in [4.78, 5) is 10.9. The maximum absolute atomic E-state index is 10.9. The molecule has 0 aromatic heterocycles. The van der Waals surface area contributed by atoms with Crippen molar-refractivity contribution in [3.05, 3.63) is 51.5 Å². The molecule has 2 rings (SSSR count). The summed E-state index contributed by atoms with van der Waals surface area (Å²) in [5.41, 5.74) is 7.33. The molecule has 0 spiro atoms. The van der Waals surface area contributed by atoms with Gasteiger partial charge in [-0.15, -0.1) is 0 Å². The van der Waals surface area contributed by atoms with E-state index in [-0.39, 0.29) is 11.3 Å². The van der Waals surface area contributed by atoms with E-state index >= 15 is 0 Å². The Morgan fingerprint density at radius 2 is 2.00 bits per heavy atom. The van der Waals surface area contributed by atoms with Crippen LogP contribution in [0, 0.1) is 0 Å². The first kappa shape index (κ1) is 13.7. The van der Waals surface area contributed by atoms with Gasteiger partial charge in [0.2, 0.25) is 0 Å². The molecule has 0 bridgehead atoms. The Bertz CT molecular complexity index is 647. The normalized spacial score (nSPS) is 10.2. The SMILES string of the molecule is Nc1cc(Nc2cc(Br)ccc2Cl)ccc1C(=O)O. The summed E-state index contributed by atoms with van der Waals surface area (Å²) < 4.78 is 0.884. The van der Waals surface area contributed by atoms with Gasteiger partial charge in [0.25, 0.3) is 0 Å². The highest BCUT2D eigenvalue weighted by atomic mass is 79.9. The number of carboxylic acids is 1. The van der Waals surface area contributed by atoms with Gasteiger partial charge in [0.05, 0.1) is 16.3 Å². The molecule has 4 nitrogen and oxygen atoms in total. The second-order valence-corrected chi connectivity index (χ2v) is 5.18. The van der Waals surface area contributed by atoms with Crippen molar-refractivity contribution < 1.29 is 9.90 Å². The van der Waals surface area contributed by atoms with Crippen molar-refractivity contribution >= 4 is 50.6 Å². The Kier molecular flexibility index (Phi) is 3.97. The molecule has 0 unspecified atom stereocenters. The van der Waals surface area contributed by atoms with Crippen LogP contribution in [-0.4, -0.2) is 11.1 Å². The first-order valence-corrected chi connectivity index (χ1v) is 6.49. The molecule has 0 saturated carbocycles. The van der Waals surface area contributed by atoms with Crippen LogP contribution in [0.1, 0.15) is 10.4 Å². The second-order valence-electron chi connectivity index (χ2n) is 3.86. The number of carbonyl (C=O) groups is 1. The number of rotatable bonds is 3. The molecule has 4 N–H and O–H groups in total. The lowest BCUT2D eigenvalue weighted by Crippen LogP contribution is -2.03. The van der Waals surface area contributed by atoms with Gasteiger partial charge < -0.3 is 16.2 Å². The maximum atomic E-state index is 10.9. The topological polar surface area (TPSA) is 75.3 Å². The summed E-state index contributed by atoms with van der Waals surface area (Å²) in [6.07, 6.45) is 0.